The maximum Gasteiger partial charge on any atom is 0.334 e. The lowest BCUT2D eigenvalue weighted by atomic mass is 10.0. The molecule has 0 radical (unpaired) electrons. The zero-order valence-corrected chi connectivity index (χ0v) is 16.5. The highest BCUT2D eigenvalue weighted by atomic mass is 16.4. The summed E-state index contributed by atoms with van der Waals surface area (Å²) < 4.78 is 0. The molecule has 6 heteroatoms. The number of rotatable bonds is 8. The number of hydrogen-bond donors (Lipinski definition) is 3. The lowest BCUT2D eigenvalue weighted by Gasteiger charge is -2.28. The Morgan fingerprint density at radius 2 is 1.50 bits per heavy atom. The van der Waals surface area contributed by atoms with Gasteiger partial charge in [-0.15, -0.1) is 0 Å². The fraction of sp³-hybridized carbons (Fsp3) is 0.364. The maximum absolute atomic E-state index is 12.6. The second kappa shape index (κ2) is 9.90. The minimum atomic E-state index is -1.61. The summed E-state index contributed by atoms with van der Waals surface area (Å²) in [6.45, 7) is 5.84. The molecule has 0 aliphatic carbocycles. The van der Waals surface area contributed by atoms with Crippen molar-refractivity contribution in [3.63, 3.8) is 0 Å². The standard InChI is InChI=1S/C22H28N2O4/c1-15(2)13-24(14-20(25)21(26)27)22(28)23-16(3)17-9-11-19(12-10-17)18-7-5-4-6-8-18/h4-12,15-16,20,25H,13-14H2,1-3H3,(H,23,28)(H,26,27). The Hall–Kier alpha value is -2.86. The third-order valence-corrected chi connectivity index (χ3v) is 4.41. The number of aliphatic hydroxyl groups excluding tert-OH is 1. The first-order valence-corrected chi connectivity index (χ1v) is 9.39. The van der Waals surface area contributed by atoms with Crippen LogP contribution in [0, 0.1) is 5.92 Å². The highest BCUT2D eigenvalue weighted by Crippen LogP contribution is 2.22. The first-order chi connectivity index (χ1) is 13.3. The fourth-order valence-corrected chi connectivity index (χ4v) is 2.92. The van der Waals surface area contributed by atoms with Gasteiger partial charge in [0.25, 0.3) is 0 Å². The SMILES string of the molecule is CC(C)CN(CC(O)C(=O)O)C(=O)NC(C)c1ccc(-c2ccccc2)cc1. The van der Waals surface area contributed by atoms with Crippen LogP contribution in [-0.2, 0) is 4.79 Å². The van der Waals surface area contributed by atoms with Gasteiger partial charge in [0.2, 0.25) is 0 Å². The summed E-state index contributed by atoms with van der Waals surface area (Å²) >= 11 is 0. The van der Waals surface area contributed by atoms with E-state index in [0.717, 1.165) is 16.7 Å². The van der Waals surface area contributed by atoms with Gasteiger partial charge in [0.1, 0.15) is 0 Å². The van der Waals surface area contributed by atoms with Crippen molar-refractivity contribution in [2.45, 2.75) is 32.9 Å². The smallest absolute Gasteiger partial charge is 0.334 e. The lowest BCUT2D eigenvalue weighted by molar-refractivity contribution is -0.147. The molecule has 28 heavy (non-hydrogen) atoms. The molecule has 2 aromatic carbocycles. The molecule has 0 aliphatic rings. The maximum atomic E-state index is 12.6. The van der Waals surface area contributed by atoms with Gasteiger partial charge < -0.3 is 20.4 Å². The molecule has 0 fully saturated rings. The van der Waals surface area contributed by atoms with Gasteiger partial charge in [-0.1, -0.05) is 68.4 Å². The van der Waals surface area contributed by atoms with E-state index < -0.39 is 18.1 Å². The zero-order chi connectivity index (χ0) is 20.7. The number of nitrogens with one attached hydrogen (secondary N) is 1. The van der Waals surface area contributed by atoms with Crippen molar-refractivity contribution in [2.75, 3.05) is 13.1 Å². The summed E-state index contributed by atoms with van der Waals surface area (Å²) in [6, 6.07) is 17.3. The molecule has 2 atom stereocenters. The Morgan fingerprint density at radius 1 is 0.929 bits per heavy atom. The summed E-state index contributed by atoms with van der Waals surface area (Å²) in [5.74, 6) is -1.20. The summed E-state index contributed by atoms with van der Waals surface area (Å²) in [6.07, 6.45) is -1.61. The first kappa shape index (κ1) is 21.4. The van der Waals surface area contributed by atoms with Gasteiger partial charge in [-0.25, -0.2) is 9.59 Å². The van der Waals surface area contributed by atoms with Crippen molar-refractivity contribution in [3.05, 3.63) is 60.2 Å². The Balaban J connectivity index is 2.05. The average Bonchev–Trinajstić information content (AvgIpc) is 2.67. The molecule has 0 spiro atoms. The summed E-state index contributed by atoms with van der Waals surface area (Å²) in [5.41, 5.74) is 3.15. The molecule has 2 amide bonds. The molecule has 3 N–H and O–H groups in total. The van der Waals surface area contributed by atoms with E-state index in [4.69, 9.17) is 5.11 Å². The van der Waals surface area contributed by atoms with Crippen LogP contribution in [0.5, 0.6) is 0 Å². The van der Waals surface area contributed by atoms with Crippen LogP contribution in [0.2, 0.25) is 0 Å². The third kappa shape index (κ3) is 6.09. The van der Waals surface area contributed by atoms with Gasteiger partial charge in [-0.05, 0) is 29.5 Å². The minimum Gasteiger partial charge on any atom is -0.479 e. The Morgan fingerprint density at radius 3 is 2.04 bits per heavy atom. The molecule has 2 rings (SSSR count). The topological polar surface area (TPSA) is 89.9 Å². The molecule has 150 valence electrons. The van der Waals surface area contributed by atoms with Crippen LogP contribution in [0.25, 0.3) is 11.1 Å². The van der Waals surface area contributed by atoms with Gasteiger partial charge in [-0.2, -0.15) is 0 Å². The summed E-state index contributed by atoms with van der Waals surface area (Å²) in [5, 5.41) is 21.4. The molecular formula is C22H28N2O4. The zero-order valence-electron chi connectivity index (χ0n) is 16.5. The summed E-state index contributed by atoms with van der Waals surface area (Å²) in [4.78, 5) is 24.9. The number of nitrogens with zero attached hydrogens (tertiary/aromatic N) is 1. The third-order valence-electron chi connectivity index (χ3n) is 4.41. The largest absolute Gasteiger partial charge is 0.479 e. The van der Waals surface area contributed by atoms with Gasteiger partial charge >= 0.3 is 12.0 Å². The number of amides is 2. The van der Waals surface area contributed by atoms with Crippen LogP contribution in [-0.4, -0.2) is 46.3 Å². The highest BCUT2D eigenvalue weighted by molar-refractivity contribution is 5.77. The van der Waals surface area contributed by atoms with Crippen molar-refractivity contribution >= 4 is 12.0 Å². The van der Waals surface area contributed by atoms with Gasteiger partial charge in [0.05, 0.1) is 12.6 Å². The summed E-state index contributed by atoms with van der Waals surface area (Å²) in [7, 11) is 0. The van der Waals surface area contributed by atoms with Crippen LogP contribution >= 0.6 is 0 Å². The Labute approximate surface area is 165 Å². The average molecular weight is 384 g/mol. The minimum absolute atomic E-state index is 0.146. The van der Waals surface area contributed by atoms with Crippen molar-refractivity contribution in [3.8, 4) is 11.1 Å². The number of carboxylic acid groups (broad SMARTS) is 1. The second-order valence-corrected chi connectivity index (χ2v) is 7.31. The Kier molecular flexibility index (Phi) is 7.58. The van der Waals surface area contributed by atoms with Crippen molar-refractivity contribution in [1.82, 2.24) is 10.2 Å². The highest BCUT2D eigenvalue weighted by Gasteiger charge is 2.23. The molecule has 0 heterocycles. The number of aliphatic carboxylic acids is 1. The number of hydrogen-bond acceptors (Lipinski definition) is 3. The molecule has 0 bridgehead atoms. The van der Waals surface area contributed by atoms with Crippen molar-refractivity contribution in [2.24, 2.45) is 5.92 Å². The van der Waals surface area contributed by atoms with E-state index in [1.54, 1.807) is 0 Å². The molecule has 2 aromatic rings. The van der Waals surface area contributed by atoms with Crippen LogP contribution in [0.4, 0.5) is 4.79 Å². The lowest BCUT2D eigenvalue weighted by Crippen LogP contribution is -2.47. The monoisotopic (exact) mass is 384 g/mol. The molecule has 0 saturated carbocycles. The first-order valence-electron chi connectivity index (χ1n) is 9.39. The van der Waals surface area contributed by atoms with Gasteiger partial charge in [0.15, 0.2) is 6.10 Å². The van der Waals surface area contributed by atoms with E-state index in [1.165, 1.54) is 4.90 Å². The van der Waals surface area contributed by atoms with Gasteiger partial charge in [0, 0.05) is 6.54 Å². The predicted octanol–water partition coefficient (Wildman–Crippen LogP) is 3.53. The van der Waals surface area contributed by atoms with Gasteiger partial charge in [-0.3, -0.25) is 0 Å². The molecule has 0 aliphatic heterocycles. The van der Waals surface area contributed by atoms with Crippen molar-refractivity contribution < 1.29 is 19.8 Å². The number of aliphatic hydroxyl groups is 1. The number of carboxylic acids is 1. The van der Waals surface area contributed by atoms with Crippen molar-refractivity contribution in [1.29, 1.82) is 0 Å². The number of carbonyl (C=O) groups excluding carboxylic acids is 1. The number of urea groups is 1. The predicted molar refractivity (Wildman–Crippen MR) is 109 cm³/mol. The molecule has 2 unspecified atom stereocenters. The molecule has 0 saturated heterocycles. The van der Waals surface area contributed by atoms with E-state index >= 15 is 0 Å². The van der Waals surface area contributed by atoms with Crippen LogP contribution in [0.3, 0.4) is 0 Å². The number of carbonyl (C=O) groups is 2. The normalized spacial score (nSPS) is 13.0. The van der Waals surface area contributed by atoms with Crippen LogP contribution < -0.4 is 5.32 Å². The number of benzene rings is 2. The van der Waals surface area contributed by atoms with E-state index in [1.807, 2.05) is 75.4 Å². The van der Waals surface area contributed by atoms with E-state index in [0.29, 0.717) is 6.54 Å². The van der Waals surface area contributed by atoms with E-state index in [2.05, 4.69) is 5.32 Å². The second-order valence-electron chi connectivity index (χ2n) is 7.31. The molecular weight excluding hydrogens is 356 g/mol. The van der Waals surface area contributed by atoms with E-state index in [9.17, 15) is 14.7 Å². The molecule has 6 nitrogen and oxygen atoms in total. The Bertz CT molecular complexity index is 775. The van der Waals surface area contributed by atoms with Crippen LogP contribution in [0.1, 0.15) is 32.4 Å². The quantitative estimate of drug-likeness (QED) is 0.649. The fourth-order valence-electron chi connectivity index (χ4n) is 2.92. The van der Waals surface area contributed by atoms with Crippen LogP contribution in [0.15, 0.2) is 54.6 Å². The molecule has 0 aromatic heterocycles. The van der Waals surface area contributed by atoms with E-state index in [-0.39, 0.29) is 18.5 Å².